The lowest BCUT2D eigenvalue weighted by Gasteiger charge is -1.85. The van der Waals surface area contributed by atoms with Crippen molar-refractivity contribution < 1.29 is 9.46 Å². The third-order valence-corrected chi connectivity index (χ3v) is 1.08. The SMILES string of the molecule is CCCCCS.O=[PH+]O. The lowest BCUT2D eigenvalue weighted by Crippen LogP contribution is -1.70. The summed E-state index contributed by atoms with van der Waals surface area (Å²) in [7, 11) is -1.17. The van der Waals surface area contributed by atoms with E-state index in [-0.39, 0.29) is 0 Å². The summed E-state index contributed by atoms with van der Waals surface area (Å²) in [6.45, 7) is 2.20. The number of rotatable bonds is 3. The second-order valence-corrected chi connectivity index (χ2v) is 2.15. The smallest absolute Gasteiger partial charge is 0.179 e. The third kappa shape index (κ3) is 29.7. The Balaban J connectivity index is 0. The van der Waals surface area contributed by atoms with E-state index in [0.29, 0.717) is 0 Å². The van der Waals surface area contributed by atoms with E-state index in [2.05, 4.69) is 19.6 Å². The van der Waals surface area contributed by atoms with Gasteiger partial charge < -0.3 is 0 Å². The van der Waals surface area contributed by atoms with Crippen molar-refractivity contribution in [2.24, 2.45) is 0 Å². The molecule has 9 heavy (non-hydrogen) atoms. The fourth-order valence-corrected chi connectivity index (χ4v) is 0.585. The Morgan fingerprint density at radius 2 is 2.00 bits per heavy atom. The van der Waals surface area contributed by atoms with Gasteiger partial charge in [-0.1, -0.05) is 19.8 Å². The maximum Gasteiger partial charge on any atom is 0.491 e. The highest BCUT2D eigenvalue weighted by atomic mass is 32.1. The summed E-state index contributed by atoms with van der Waals surface area (Å²) >= 11 is 4.05. The maximum absolute atomic E-state index is 8.51. The van der Waals surface area contributed by atoms with E-state index >= 15 is 0 Å². The standard InChI is InChI=1S/C5H12S.HO2P/c1-2-3-4-5-6;1-3-2/h6H,2-5H2,1H3;3H/p+1. The van der Waals surface area contributed by atoms with Gasteiger partial charge in [0, 0.05) is 0 Å². The van der Waals surface area contributed by atoms with Gasteiger partial charge >= 0.3 is 8.69 Å². The monoisotopic (exact) mass is 169 g/mol. The molecule has 0 fully saturated rings. The van der Waals surface area contributed by atoms with Gasteiger partial charge in [-0.3, -0.25) is 0 Å². The molecule has 0 aliphatic heterocycles. The molecule has 2 nitrogen and oxygen atoms in total. The molecule has 0 saturated heterocycles. The summed E-state index contributed by atoms with van der Waals surface area (Å²) in [5.74, 6) is 1.05. The molecule has 0 aromatic heterocycles. The molecule has 0 radical (unpaired) electrons. The summed E-state index contributed by atoms with van der Waals surface area (Å²) in [6.07, 6.45) is 3.92. The van der Waals surface area contributed by atoms with E-state index < -0.39 is 8.69 Å². The van der Waals surface area contributed by atoms with E-state index in [0.717, 1.165) is 5.75 Å². The van der Waals surface area contributed by atoms with Gasteiger partial charge in [0.2, 0.25) is 0 Å². The van der Waals surface area contributed by atoms with E-state index in [4.69, 9.17) is 9.46 Å². The minimum absolute atomic E-state index is 1.05. The molecular weight excluding hydrogens is 155 g/mol. The Labute approximate surface area is 63.4 Å². The van der Waals surface area contributed by atoms with Crippen LogP contribution in [0.5, 0.6) is 0 Å². The minimum Gasteiger partial charge on any atom is -0.179 e. The van der Waals surface area contributed by atoms with Crippen LogP contribution in [0.25, 0.3) is 0 Å². The van der Waals surface area contributed by atoms with Crippen LogP contribution >= 0.6 is 21.3 Å². The first-order valence-electron chi connectivity index (χ1n) is 2.95. The van der Waals surface area contributed by atoms with E-state index in [9.17, 15) is 0 Å². The Hall–Kier alpha value is 0.410. The zero-order chi connectivity index (χ0) is 7.54. The summed E-state index contributed by atoms with van der Waals surface area (Å²) in [5, 5.41) is 0. The predicted molar refractivity (Wildman–Crippen MR) is 44.6 cm³/mol. The first kappa shape index (κ1) is 12.1. The molecule has 0 aliphatic carbocycles. The van der Waals surface area contributed by atoms with Gasteiger partial charge in [-0.2, -0.15) is 17.5 Å². The molecule has 0 amide bonds. The maximum atomic E-state index is 8.51. The molecular formula is C5H14O2PS+. The van der Waals surface area contributed by atoms with E-state index in [1.807, 2.05) is 0 Å². The van der Waals surface area contributed by atoms with Gasteiger partial charge in [-0.15, -0.1) is 0 Å². The van der Waals surface area contributed by atoms with Gasteiger partial charge in [-0.25, -0.2) is 0 Å². The molecule has 0 spiro atoms. The second-order valence-electron chi connectivity index (χ2n) is 1.52. The lowest BCUT2D eigenvalue weighted by molar-refractivity contribution is 0.524. The first-order valence-corrected chi connectivity index (χ1v) is 4.44. The molecule has 0 aliphatic rings. The van der Waals surface area contributed by atoms with Crippen molar-refractivity contribution in [3.05, 3.63) is 0 Å². The topological polar surface area (TPSA) is 37.3 Å². The van der Waals surface area contributed by atoms with Crippen LogP contribution in [0.1, 0.15) is 26.2 Å². The average Bonchev–Trinajstić information content (AvgIpc) is 1.86. The number of unbranched alkanes of at least 4 members (excludes halogenated alkanes) is 2. The Morgan fingerprint density at radius 3 is 2.11 bits per heavy atom. The summed E-state index contributed by atoms with van der Waals surface area (Å²) in [6, 6.07) is 0. The van der Waals surface area contributed by atoms with Crippen molar-refractivity contribution in [2.45, 2.75) is 26.2 Å². The summed E-state index contributed by atoms with van der Waals surface area (Å²) in [4.78, 5) is 7.04. The van der Waals surface area contributed by atoms with Gasteiger partial charge in [0.1, 0.15) is 0 Å². The highest BCUT2D eigenvalue weighted by molar-refractivity contribution is 7.80. The third-order valence-electron chi connectivity index (χ3n) is 0.762. The molecule has 0 aromatic rings. The molecule has 1 N–H and O–H groups in total. The van der Waals surface area contributed by atoms with Gasteiger partial charge in [-0.05, 0) is 16.7 Å². The molecule has 56 valence electrons. The lowest BCUT2D eigenvalue weighted by atomic mass is 10.3. The summed E-state index contributed by atoms with van der Waals surface area (Å²) < 4.78 is 8.51. The fourth-order valence-electron chi connectivity index (χ4n) is 0.362. The second kappa shape index (κ2) is 15.8. The van der Waals surface area contributed by atoms with E-state index in [1.54, 1.807) is 0 Å². The van der Waals surface area contributed by atoms with Gasteiger partial charge in [0.25, 0.3) is 0 Å². The molecule has 4 heteroatoms. The highest BCUT2D eigenvalue weighted by Gasteiger charge is 1.75. The van der Waals surface area contributed by atoms with Crippen molar-refractivity contribution in [1.29, 1.82) is 0 Å². The number of hydrogen-bond acceptors (Lipinski definition) is 2. The van der Waals surface area contributed by atoms with Crippen molar-refractivity contribution in [3.8, 4) is 0 Å². The normalized spacial score (nSPS) is 8.33. The van der Waals surface area contributed by atoms with Crippen LogP contribution < -0.4 is 0 Å². The number of hydrogen-bond donors (Lipinski definition) is 2. The molecule has 0 heterocycles. The van der Waals surface area contributed by atoms with Crippen LogP contribution in [0.3, 0.4) is 0 Å². The molecule has 1 unspecified atom stereocenters. The van der Waals surface area contributed by atoms with Crippen LogP contribution in [0.15, 0.2) is 0 Å². The average molecular weight is 169 g/mol. The van der Waals surface area contributed by atoms with Crippen LogP contribution in [0.4, 0.5) is 0 Å². The number of thiol groups is 1. The van der Waals surface area contributed by atoms with Gasteiger partial charge in [0.05, 0.1) is 0 Å². The van der Waals surface area contributed by atoms with Crippen LogP contribution in [0.2, 0.25) is 0 Å². The van der Waals surface area contributed by atoms with Crippen LogP contribution in [-0.2, 0) is 4.57 Å². The fraction of sp³-hybridized carbons (Fsp3) is 1.00. The molecule has 1 atom stereocenters. The quantitative estimate of drug-likeness (QED) is 0.385. The van der Waals surface area contributed by atoms with Crippen molar-refractivity contribution >= 4 is 21.3 Å². The highest BCUT2D eigenvalue weighted by Crippen LogP contribution is 1.93. The molecule has 0 aromatic carbocycles. The predicted octanol–water partition coefficient (Wildman–Crippen LogP) is 2.02. The summed E-state index contributed by atoms with van der Waals surface area (Å²) in [5.41, 5.74) is 0. The Kier molecular flexibility index (Phi) is 21.2. The Bertz CT molecular complexity index is 48.2. The van der Waals surface area contributed by atoms with Crippen LogP contribution in [0, 0.1) is 0 Å². The van der Waals surface area contributed by atoms with Crippen molar-refractivity contribution in [1.82, 2.24) is 0 Å². The van der Waals surface area contributed by atoms with Crippen molar-refractivity contribution in [2.75, 3.05) is 5.75 Å². The van der Waals surface area contributed by atoms with Crippen LogP contribution in [-0.4, -0.2) is 10.6 Å². The minimum atomic E-state index is -1.17. The zero-order valence-electron chi connectivity index (χ0n) is 5.63. The first-order chi connectivity index (χ1) is 4.33. The van der Waals surface area contributed by atoms with Crippen molar-refractivity contribution in [3.63, 3.8) is 0 Å². The molecule has 0 saturated carbocycles. The zero-order valence-corrected chi connectivity index (χ0v) is 7.53. The molecule has 0 bridgehead atoms. The Morgan fingerprint density at radius 1 is 1.56 bits per heavy atom. The van der Waals surface area contributed by atoms with E-state index in [1.165, 1.54) is 19.3 Å². The van der Waals surface area contributed by atoms with Gasteiger partial charge in [0.15, 0.2) is 0 Å². The molecule has 0 rings (SSSR count). The largest absolute Gasteiger partial charge is 0.491 e.